The van der Waals surface area contributed by atoms with Gasteiger partial charge in [-0.2, -0.15) is 26.3 Å². The Morgan fingerprint density at radius 2 is 1.76 bits per heavy atom. The second kappa shape index (κ2) is 10.7. The van der Waals surface area contributed by atoms with E-state index in [1.807, 2.05) is 0 Å². The number of halogens is 6. The number of nitrogens with zero attached hydrogens (tertiary/aromatic N) is 1. The average molecular weight is 567 g/mol. The number of carbonyl (C=O) groups excluding carboxylic acids is 1. The molecule has 1 aliphatic heterocycles. The molecule has 2 unspecified atom stereocenters. The SMILES string of the molecule is O=C(Nc1cc(C(F)(F)F)ccn1)Nc1cc(S(=O)(=O)NCC(F)(F)F)ccc1C1CC(C2CCC2)CO1. The van der Waals surface area contributed by atoms with Crippen LogP contribution in [-0.2, 0) is 20.9 Å². The van der Waals surface area contributed by atoms with E-state index in [1.165, 1.54) is 10.8 Å². The topological polar surface area (TPSA) is 109 Å². The van der Waals surface area contributed by atoms with Crippen molar-refractivity contribution in [1.82, 2.24) is 9.71 Å². The number of alkyl halides is 6. The van der Waals surface area contributed by atoms with Crippen LogP contribution in [0.1, 0.15) is 42.9 Å². The van der Waals surface area contributed by atoms with Gasteiger partial charge in [-0.25, -0.2) is 22.9 Å². The van der Waals surface area contributed by atoms with Crippen molar-refractivity contribution in [2.24, 2.45) is 11.8 Å². The van der Waals surface area contributed by atoms with Crippen LogP contribution in [0.15, 0.2) is 41.4 Å². The molecule has 208 valence electrons. The molecule has 2 fully saturated rings. The first-order valence-electron chi connectivity index (χ1n) is 11.6. The minimum Gasteiger partial charge on any atom is -0.373 e. The molecule has 2 atom stereocenters. The highest BCUT2D eigenvalue weighted by atomic mass is 32.2. The summed E-state index contributed by atoms with van der Waals surface area (Å²) in [5, 5.41) is 4.54. The second-order valence-electron chi connectivity index (χ2n) is 9.20. The second-order valence-corrected chi connectivity index (χ2v) is 11.0. The fourth-order valence-electron chi connectivity index (χ4n) is 4.40. The molecule has 0 bridgehead atoms. The minimum absolute atomic E-state index is 0.0800. The molecule has 1 aromatic heterocycles. The zero-order valence-electron chi connectivity index (χ0n) is 19.7. The van der Waals surface area contributed by atoms with Crippen molar-refractivity contribution in [3.05, 3.63) is 47.7 Å². The number of aromatic nitrogens is 1. The number of rotatable bonds is 7. The maximum absolute atomic E-state index is 13.0. The number of pyridine rings is 1. The summed E-state index contributed by atoms with van der Waals surface area (Å²) in [5.41, 5.74) is -0.744. The quantitative estimate of drug-likeness (QED) is 0.386. The first kappa shape index (κ1) is 28.1. The van der Waals surface area contributed by atoms with Crippen molar-refractivity contribution in [3.63, 3.8) is 0 Å². The summed E-state index contributed by atoms with van der Waals surface area (Å²) in [7, 11) is -4.61. The molecule has 3 N–H and O–H groups in total. The Bertz CT molecular complexity index is 1280. The van der Waals surface area contributed by atoms with Crippen molar-refractivity contribution in [3.8, 4) is 0 Å². The lowest BCUT2D eigenvalue weighted by Gasteiger charge is -2.30. The van der Waals surface area contributed by atoms with E-state index in [0.29, 0.717) is 30.6 Å². The maximum Gasteiger partial charge on any atom is 0.416 e. The van der Waals surface area contributed by atoms with Crippen molar-refractivity contribution >= 4 is 27.6 Å². The molecule has 1 saturated heterocycles. The lowest BCUT2D eigenvalue weighted by molar-refractivity contribution is -0.137. The number of carbonyl (C=O) groups is 1. The molecular weight excluding hydrogens is 542 g/mol. The third-order valence-electron chi connectivity index (χ3n) is 6.57. The Morgan fingerprint density at radius 1 is 1.03 bits per heavy atom. The Hall–Kier alpha value is -2.91. The lowest BCUT2D eigenvalue weighted by atomic mass is 9.75. The molecule has 15 heteroatoms. The summed E-state index contributed by atoms with van der Waals surface area (Å²) < 4.78 is 109. The van der Waals surface area contributed by atoms with Crippen molar-refractivity contribution < 1.29 is 44.3 Å². The highest BCUT2D eigenvalue weighted by Gasteiger charge is 2.37. The predicted octanol–water partition coefficient (Wildman–Crippen LogP) is 5.46. The van der Waals surface area contributed by atoms with E-state index in [4.69, 9.17) is 4.74 Å². The van der Waals surface area contributed by atoms with Gasteiger partial charge in [-0.15, -0.1) is 0 Å². The first-order valence-corrected chi connectivity index (χ1v) is 13.1. The molecule has 2 aromatic rings. The van der Waals surface area contributed by atoms with Gasteiger partial charge in [0, 0.05) is 17.4 Å². The summed E-state index contributed by atoms with van der Waals surface area (Å²) >= 11 is 0. The normalized spacial score (nSPS) is 20.7. The van der Waals surface area contributed by atoms with Crippen LogP contribution in [0.4, 0.5) is 42.6 Å². The van der Waals surface area contributed by atoms with E-state index in [2.05, 4.69) is 15.6 Å². The van der Waals surface area contributed by atoms with Gasteiger partial charge in [0.25, 0.3) is 0 Å². The number of hydrogen-bond acceptors (Lipinski definition) is 5. The Kier molecular flexibility index (Phi) is 7.91. The number of ether oxygens (including phenoxy) is 1. The van der Waals surface area contributed by atoms with Crippen LogP contribution in [0.2, 0.25) is 0 Å². The lowest BCUT2D eigenvalue weighted by Crippen LogP contribution is -2.33. The number of hydrogen-bond donors (Lipinski definition) is 3. The van der Waals surface area contributed by atoms with Gasteiger partial charge in [0.1, 0.15) is 12.4 Å². The maximum atomic E-state index is 13.0. The molecule has 0 spiro atoms. The molecule has 1 aliphatic carbocycles. The van der Waals surface area contributed by atoms with Crippen LogP contribution in [0.5, 0.6) is 0 Å². The van der Waals surface area contributed by atoms with Gasteiger partial charge in [0.15, 0.2) is 0 Å². The molecule has 0 radical (unpaired) electrons. The van der Waals surface area contributed by atoms with Crippen LogP contribution < -0.4 is 15.4 Å². The van der Waals surface area contributed by atoms with Gasteiger partial charge in [0.05, 0.1) is 23.2 Å². The summed E-state index contributed by atoms with van der Waals surface area (Å²) in [6.45, 7) is -1.33. The monoisotopic (exact) mass is 566 g/mol. The number of anilines is 2. The largest absolute Gasteiger partial charge is 0.416 e. The zero-order chi connectivity index (χ0) is 27.7. The Labute approximate surface area is 214 Å². The van der Waals surface area contributed by atoms with Crippen molar-refractivity contribution in [2.75, 3.05) is 23.8 Å². The van der Waals surface area contributed by atoms with Gasteiger partial charge in [0.2, 0.25) is 10.0 Å². The van der Waals surface area contributed by atoms with Crippen LogP contribution >= 0.6 is 0 Å². The molecule has 2 heterocycles. The molecule has 8 nitrogen and oxygen atoms in total. The van der Waals surface area contributed by atoms with Gasteiger partial charge in [-0.05, 0) is 42.5 Å². The summed E-state index contributed by atoms with van der Waals surface area (Å²) in [6, 6.07) is 3.72. The number of urea groups is 1. The van der Waals surface area contributed by atoms with E-state index in [-0.39, 0.29) is 11.6 Å². The van der Waals surface area contributed by atoms with E-state index in [9.17, 15) is 39.6 Å². The summed E-state index contributed by atoms with van der Waals surface area (Å²) in [4.78, 5) is 15.8. The van der Waals surface area contributed by atoms with Crippen LogP contribution in [0.3, 0.4) is 0 Å². The van der Waals surface area contributed by atoms with E-state index in [1.54, 1.807) is 0 Å². The van der Waals surface area contributed by atoms with E-state index < -0.39 is 57.3 Å². The fraction of sp³-hybridized carbons (Fsp3) is 0.478. The van der Waals surface area contributed by atoms with Crippen LogP contribution in [0, 0.1) is 11.8 Å². The third-order valence-corrected chi connectivity index (χ3v) is 7.97. The number of nitrogens with one attached hydrogen (secondary N) is 3. The highest BCUT2D eigenvalue weighted by Crippen LogP contribution is 2.45. The fourth-order valence-corrected chi connectivity index (χ4v) is 5.44. The van der Waals surface area contributed by atoms with Crippen molar-refractivity contribution in [1.29, 1.82) is 0 Å². The molecule has 1 aromatic carbocycles. The first-order chi connectivity index (χ1) is 17.7. The Morgan fingerprint density at radius 3 is 2.39 bits per heavy atom. The standard InChI is InChI=1S/C23H24F6N4O4S/c24-22(25,26)12-31-38(35,36)16-4-5-17(19-8-14(11-37-19)13-2-1-3-13)18(10-16)32-21(34)33-20-9-15(6-7-30-20)23(27,28)29/h4-7,9-10,13-14,19,31H,1-3,8,11-12H2,(H2,30,32,33,34). The van der Waals surface area contributed by atoms with Gasteiger partial charge >= 0.3 is 18.4 Å². The molecule has 4 rings (SSSR count). The van der Waals surface area contributed by atoms with E-state index >= 15 is 0 Å². The number of sulfonamides is 1. The van der Waals surface area contributed by atoms with Crippen LogP contribution in [0.25, 0.3) is 0 Å². The smallest absolute Gasteiger partial charge is 0.373 e. The molecular formula is C23H24F6N4O4S. The Balaban J connectivity index is 1.58. The molecule has 1 saturated carbocycles. The average Bonchev–Trinajstić information content (AvgIpc) is 3.25. The third kappa shape index (κ3) is 6.94. The number of benzene rings is 1. The van der Waals surface area contributed by atoms with Gasteiger partial charge in [-0.1, -0.05) is 25.3 Å². The van der Waals surface area contributed by atoms with E-state index in [0.717, 1.165) is 43.7 Å². The summed E-state index contributed by atoms with van der Waals surface area (Å²) in [6.07, 6.45) is -5.28. The predicted molar refractivity (Wildman–Crippen MR) is 124 cm³/mol. The molecule has 2 aliphatic rings. The summed E-state index contributed by atoms with van der Waals surface area (Å²) in [5.74, 6) is 0.344. The zero-order valence-corrected chi connectivity index (χ0v) is 20.5. The minimum atomic E-state index is -4.79. The van der Waals surface area contributed by atoms with Crippen molar-refractivity contribution in [2.45, 2.75) is 49.0 Å². The highest BCUT2D eigenvalue weighted by molar-refractivity contribution is 7.89. The molecule has 38 heavy (non-hydrogen) atoms. The molecule has 2 amide bonds. The van der Waals surface area contributed by atoms with Gasteiger partial charge in [-0.3, -0.25) is 5.32 Å². The van der Waals surface area contributed by atoms with Crippen LogP contribution in [-0.4, -0.2) is 38.8 Å². The van der Waals surface area contributed by atoms with Gasteiger partial charge < -0.3 is 10.1 Å². The number of amides is 2.